The third kappa shape index (κ3) is 5.18. The van der Waals surface area contributed by atoms with Gasteiger partial charge >= 0.3 is 13.7 Å². The van der Waals surface area contributed by atoms with E-state index in [0.29, 0.717) is 0 Å². The smallest absolute Gasteiger partial charge is 0.333 e. The maximum Gasteiger partial charge on any atom is 0.333 e. The van der Waals surface area contributed by atoms with E-state index >= 15 is 0 Å². The topological polar surface area (TPSA) is 16.3 Å². The van der Waals surface area contributed by atoms with Gasteiger partial charge in [0, 0.05) is 142 Å². The first kappa shape index (κ1) is 40.6. The maximum absolute atomic E-state index is 2.72. The van der Waals surface area contributed by atoms with E-state index in [2.05, 4.69) is 250 Å². The first-order valence-corrected chi connectivity index (χ1v) is 27.6. The highest BCUT2D eigenvalue weighted by atomic mass is 32.1. The molecule has 0 spiro atoms. The van der Waals surface area contributed by atoms with E-state index in [0.717, 1.165) is 11.4 Å². The van der Waals surface area contributed by atoms with Crippen LogP contribution in [0, 0.1) is 0 Å². The van der Waals surface area contributed by atoms with Crippen molar-refractivity contribution in [2.24, 2.45) is 0 Å². The molecule has 0 radical (unpaired) electrons. The van der Waals surface area contributed by atoms with Crippen LogP contribution < -0.4 is 31.7 Å². The van der Waals surface area contributed by atoms with Crippen molar-refractivity contribution < 1.29 is 0 Å². The molecular weight excluding hydrogens is 947 g/mol. The normalized spacial score (nSPS) is 13.3. The Morgan fingerprint density at radius 2 is 0.920 bits per heavy atom. The van der Waals surface area contributed by atoms with Crippen molar-refractivity contribution in [3.8, 4) is 22.3 Å². The van der Waals surface area contributed by atoms with Gasteiger partial charge in [-0.3, -0.25) is 0 Å². The molecule has 15 aromatic rings. The molecule has 8 heteroatoms. The molecule has 0 unspecified atom stereocenters. The average Bonchev–Trinajstić information content (AvgIpc) is 4.33. The number of thiophene rings is 2. The molecule has 18 rings (SSSR count). The number of anilines is 5. The number of hydrogen-bond acceptors (Lipinski definition) is 4. The Hall–Kier alpha value is -8.81. The highest BCUT2D eigenvalue weighted by molar-refractivity contribution is 7.27. The van der Waals surface area contributed by atoms with E-state index in [1.807, 2.05) is 22.7 Å². The van der Waals surface area contributed by atoms with Gasteiger partial charge in [-0.2, -0.15) is 0 Å². The Kier molecular flexibility index (Phi) is 7.96. The minimum Gasteiger partial charge on any atom is -0.375 e. The Balaban J connectivity index is 1.01. The standard InChI is InChI=1S/C67H40B2N4S2/c1-70(40-18-4-2-5-19-40)56-37-50-44-24-10-14-32-58(44)74-66(50)60-48-28-16-26-46-42-22-8-12-30-53(42)72(64(46)48)68(62(56)60)39-34-35-55-52(36-39)69-63-57(71(55)41-20-6-3-7-21-41)38-51-45-25-11-15-33-59(45)75-67(51)61(63)49-29-17-27-47-43-23-9-13-31-54(43)73(69)65(47)49/h2-38H,1H3. The van der Waals surface area contributed by atoms with Gasteiger partial charge in [-0.05, 0) is 83.1 Å². The first-order valence-electron chi connectivity index (χ1n) is 26.0. The van der Waals surface area contributed by atoms with Crippen LogP contribution in [0.25, 0.3) is 106 Å². The van der Waals surface area contributed by atoms with Gasteiger partial charge in [0.1, 0.15) is 0 Å². The van der Waals surface area contributed by atoms with Crippen molar-refractivity contribution >= 4 is 171 Å². The number of nitrogens with zero attached hydrogens (tertiary/aromatic N) is 4. The summed E-state index contributed by atoms with van der Waals surface area (Å²) in [5, 5.41) is 10.4. The summed E-state index contributed by atoms with van der Waals surface area (Å²) in [6, 6.07) is 85.0. The van der Waals surface area contributed by atoms with Gasteiger partial charge in [-0.25, -0.2) is 0 Å². The number of hydrogen-bond donors (Lipinski definition) is 0. The number of benzene rings is 11. The van der Waals surface area contributed by atoms with Crippen LogP contribution in [0.5, 0.6) is 0 Å². The van der Waals surface area contributed by atoms with Crippen molar-refractivity contribution in [3.63, 3.8) is 0 Å². The van der Waals surface area contributed by atoms with Crippen LogP contribution >= 0.6 is 22.7 Å². The molecule has 0 bridgehead atoms. The summed E-state index contributed by atoms with van der Waals surface area (Å²) in [6.45, 7) is -0.308. The van der Waals surface area contributed by atoms with Crippen LogP contribution in [0.2, 0.25) is 0 Å². The lowest BCUT2D eigenvalue weighted by molar-refractivity contribution is 1.22. The lowest BCUT2D eigenvalue weighted by Crippen LogP contribution is -2.59. The third-order valence-corrected chi connectivity index (χ3v) is 19.5. The van der Waals surface area contributed by atoms with E-state index in [1.54, 1.807) is 0 Å². The minimum absolute atomic E-state index is 0.120. The first-order chi connectivity index (χ1) is 37.2. The molecule has 0 amide bonds. The SMILES string of the molecule is CN(c1ccccc1)c1cc2c(sc3ccccc32)c2c1B(c1ccc3c(c1)B1c4c(cc5c(sc6ccccc65)c4-c4cccc5c6ccccc6n1c45)N3c1ccccc1)n1c3ccccc3c3cccc-2c31. The van der Waals surface area contributed by atoms with Gasteiger partial charge in [-0.15, -0.1) is 22.7 Å². The molecule has 7 heterocycles. The lowest BCUT2D eigenvalue weighted by Gasteiger charge is -2.41. The zero-order valence-corrected chi connectivity index (χ0v) is 42.3. The van der Waals surface area contributed by atoms with Crippen LogP contribution in [-0.2, 0) is 0 Å². The molecule has 0 saturated carbocycles. The number of rotatable bonds is 4. The summed E-state index contributed by atoms with van der Waals surface area (Å²) in [5.74, 6) is 0. The fraction of sp³-hybridized carbons (Fsp3) is 0.0149. The molecule has 0 fully saturated rings. The Bertz CT molecular complexity index is 5010. The van der Waals surface area contributed by atoms with E-state index < -0.39 is 0 Å². The van der Waals surface area contributed by atoms with E-state index in [4.69, 9.17) is 0 Å². The number of fused-ring (bicyclic) bond motifs is 20. The lowest BCUT2D eigenvalue weighted by atomic mass is 9.42. The molecule has 3 aliphatic heterocycles. The van der Waals surface area contributed by atoms with Crippen LogP contribution in [-0.4, -0.2) is 29.7 Å². The summed E-state index contributed by atoms with van der Waals surface area (Å²) in [4.78, 5) is 5.03. The van der Waals surface area contributed by atoms with Crippen molar-refractivity contribution in [1.29, 1.82) is 0 Å². The molecule has 4 aromatic heterocycles. The van der Waals surface area contributed by atoms with E-state index in [-0.39, 0.29) is 13.7 Å². The molecule has 4 nitrogen and oxygen atoms in total. The largest absolute Gasteiger partial charge is 0.375 e. The predicted octanol–water partition coefficient (Wildman–Crippen LogP) is 15.5. The van der Waals surface area contributed by atoms with Gasteiger partial charge < -0.3 is 18.8 Å². The van der Waals surface area contributed by atoms with Crippen molar-refractivity contribution in [2.45, 2.75) is 0 Å². The number of aromatic nitrogens is 2. The zero-order valence-electron chi connectivity index (χ0n) is 40.6. The molecule has 11 aromatic carbocycles. The average molecular weight is 987 g/mol. The molecule has 346 valence electrons. The van der Waals surface area contributed by atoms with Crippen molar-refractivity contribution in [1.82, 2.24) is 8.96 Å². The van der Waals surface area contributed by atoms with Gasteiger partial charge in [-0.1, -0.05) is 163 Å². The molecule has 0 aliphatic carbocycles. The van der Waals surface area contributed by atoms with Gasteiger partial charge in [0.05, 0.1) is 0 Å². The minimum atomic E-state index is -0.188. The highest BCUT2D eigenvalue weighted by Crippen LogP contribution is 2.52. The molecule has 0 saturated heterocycles. The third-order valence-electron chi connectivity index (χ3n) is 17.1. The quantitative estimate of drug-likeness (QED) is 0.163. The summed E-state index contributed by atoms with van der Waals surface area (Å²) in [7, 11) is 2.27. The van der Waals surface area contributed by atoms with Crippen molar-refractivity contribution in [3.05, 3.63) is 224 Å². The second-order valence-electron chi connectivity index (χ2n) is 20.7. The Morgan fingerprint density at radius 1 is 0.400 bits per heavy atom. The van der Waals surface area contributed by atoms with Gasteiger partial charge in [0.25, 0.3) is 0 Å². The van der Waals surface area contributed by atoms with Crippen molar-refractivity contribution in [2.75, 3.05) is 16.8 Å². The zero-order chi connectivity index (χ0) is 48.8. The fourth-order valence-electron chi connectivity index (χ4n) is 14.1. The summed E-state index contributed by atoms with van der Waals surface area (Å²) >= 11 is 3.89. The molecule has 0 atom stereocenters. The van der Waals surface area contributed by atoms with Gasteiger partial charge in [0.2, 0.25) is 0 Å². The monoisotopic (exact) mass is 986 g/mol. The van der Waals surface area contributed by atoms with Crippen LogP contribution in [0.1, 0.15) is 0 Å². The van der Waals surface area contributed by atoms with E-state index in [9.17, 15) is 0 Å². The van der Waals surface area contributed by atoms with E-state index in [1.165, 1.54) is 145 Å². The van der Waals surface area contributed by atoms with Crippen LogP contribution in [0.3, 0.4) is 0 Å². The summed E-state index contributed by atoms with van der Waals surface area (Å²) in [6.07, 6.45) is 0. The molecule has 0 N–H and O–H groups in total. The maximum atomic E-state index is 2.72. The molecule has 75 heavy (non-hydrogen) atoms. The predicted molar refractivity (Wildman–Crippen MR) is 326 cm³/mol. The Morgan fingerprint density at radius 3 is 1.56 bits per heavy atom. The summed E-state index contributed by atoms with van der Waals surface area (Å²) < 4.78 is 10.8. The Labute approximate surface area is 440 Å². The van der Waals surface area contributed by atoms with Gasteiger partial charge in [0.15, 0.2) is 0 Å². The highest BCUT2D eigenvalue weighted by Gasteiger charge is 2.46. The fourth-order valence-corrected chi connectivity index (χ4v) is 16.6. The second-order valence-corrected chi connectivity index (χ2v) is 22.8. The second kappa shape index (κ2) is 14.7. The number of para-hydroxylation sites is 6. The van der Waals surface area contributed by atoms with Crippen LogP contribution in [0.15, 0.2) is 224 Å². The molecule has 3 aliphatic rings. The summed E-state index contributed by atoms with van der Waals surface area (Å²) in [5.41, 5.74) is 21.6. The molecular formula is C67H40B2N4S2. The van der Waals surface area contributed by atoms with Crippen LogP contribution in [0.4, 0.5) is 28.4 Å².